The van der Waals surface area contributed by atoms with Gasteiger partial charge >= 0.3 is 0 Å². The molecule has 0 bridgehead atoms. The van der Waals surface area contributed by atoms with Crippen LogP contribution in [0.5, 0.6) is 5.75 Å². The molecule has 0 saturated heterocycles. The molecule has 0 heterocycles. The number of hydrogen-bond donors (Lipinski definition) is 2. The minimum absolute atomic E-state index is 0.0154. The summed E-state index contributed by atoms with van der Waals surface area (Å²) in [6.07, 6.45) is 0. The number of halogens is 1. The second kappa shape index (κ2) is 7.28. The molecular formula is C16H17FN2O2. The molecule has 2 aromatic carbocycles. The van der Waals surface area contributed by atoms with Gasteiger partial charge in [0.25, 0.3) is 5.91 Å². The van der Waals surface area contributed by atoms with E-state index in [4.69, 9.17) is 4.74 Å². The molecule has 0 aliphatic carbocycles. The van der Waals surface area contributed by atoms with Gasteiger partial charge in [0.1, 0.15) is 11.6 Å². The van der Waals surface area contributed by atoms with E-state index in [-0.39, 0.29) is 18.3 Å². The summed E-state index contributed by atoms with van der Waals surface area (Å²) in [5.74, 6) is 0.197. The average molecular weight is 288 g/mol. The van der Waals surface area contributed by atoms with Crippen LogP contribution in [0.15, 0.2) is 48.5 Å². The van der Waals surface area contributed by atoms with E-state index in [2.05, 4.69) is 10.6 Å². The molecule has 0 aliphatic heterocycles. The van der Waals surface area contributed by atoms with Crippen LogP contribution >= 0.6 is 0 Å². The van der Waals surface area contributed by atoms with E-state index in [0.29, 0.717) is 17.9 Å². The Morgan fingerprint density at radius 2 is 1.86 bits per heavy atom. The highest BCUT2D eigenvalue weighted by atomic mass is 19.1. The van der Waals surface area contributed by atoms with Crippen LogP contribution in [0, 0.1) is 5.82 Å². The molecule has 0 aliphatic rings. The predicted octanol–water partition coefficient (Wildman–Crippen LogP) is 2.56. The zero-order valence-electron chi connectivity index (χ0n) is 11.7. The van der Waals surface area contributed by atoms with Gasteiger partial charge < -0.3 is 15.4 Å². The predicted molar refractivity (Wildman–Crippen MR) is 79.7 cm³/mol. The Hall–Kier alpha value is -2.56. The molecule has 110 valence electrons. The summed E-state index contributed by atoms with van der Waals surface area (Å²) in [4.78, 5) is 11.1. The van der Waals surface area contributed by atoms with E-state index in [1.165, 1.54) is 6.07 Å². The lowest BCUT2D eigenvalue weighted by molar-refractivity contribution is -0.122. The van der Waals surface area contributed by atoms with E-state index < -0.39 is 0 Å². The van der Waals surface area contributed by atoms with Crippen molar-refractivity contribution in [2.45, 2.75) is 6.54 Å². The number of anilines is 1. The number of amides is 1. The van der Waals surface area contributed by atoms with E-state index in [1.54, 1.807) is 37.4 Å². The number of likely N-dealkylation sites (N-methyl/N-ethyl adjacent to an activating group) is 1. The number of hydrogen-bond acceptors (Lipinski definition) is 3. The quantitative estimate of drug-likeness (QED) is 0.859. The fraction of sp³-hybridized carbons (Fsp3) is 0.188. The van der Waals surface area contributed by atoms with Crippen LogP contribution in [-0.2, 0) is 11.3 Å². The molecule has 21 heavy (non-hydrogen) atoms. The standard InChI is InChI=1S/C16H17FN2O2/c1-18-16(20)11-21-14-8-6-13(7-9-14)19-10-12-4-2-3-5-15(12)17/h2-9,19H,10-11H2,1H3,(H,18,20). The van der Waals surface area contributed by atoms with Crippen molar-refractivity contribution >= 4 is 11.6 Å². The Labute approximate surface area is 122 Å². The van der Waals surface area contributed by atoms with E-state index >= 15 is 0 Å². The summed E-state index contributed by atoms with van der Waals surface area (Å²) in [6, 6.07) is 13.8. The first kappa shape index (κ1) is 14.8. The second-order valence-corrected chi connectivity index (χ2v) is 4.43. The Bertz CT molecular complexity index is 599. The third-order valence-corrected chi connectivity index (χ3v) is 2.94. The molecular weight excluding hydrogens is 271 g/mol. The Morgan fingerprint density at radius 1 is 1.14 bits per heavy atom. The normalized spacial score (nSPS) is 10.0. The molecule has 2 N–H and O–H groups in total. The summed E-state index contributed by atoms with van der Waals surface area (Å²) in [5, 5.41) is 5.61. The summed E-state index contributed by atoms with van der Waals surface area (Å²) >= 11 is 0. The molecule has 0 radical (unpaired) electrons. The zero-order chi connectivity index (χ0) is 15.1. The third-order valence-electron chi connectivity index (χ3n) is 2.94. The highest BCUT2D eigenvalue weighted by Gasteiger charge is 2.02. The Kier molecular flexibility index (Phi) is 5.15. The minimum Gasteiger partial charge on any atom is -0.484 e. The van der Waals surface area contributed by atoms with Crippen molar-refractivity contribution in [2.75, 3.05) is 19.0 Å². The topological polar surface area (TPSA) is 50.4 Å². The third kappa shape index (κ3) is 4.49. The Balaban J connectivity index is 1.88. The highest BCUT2D eigenvalue weighted by molar-refractivity contribution is 5.77. The van der Waals surface area contributed by atoms with Crippen LogP contribution in [0.2, 0.25) is 0 Å². The SMILES string of the molecule is CNC(=O)COc1ccc(NCc2ccccc2F)cc1. The fourth-order valence-corrected chi connectivity index (χ4v) is 1.73. The maximum Gasteiger partial charge on any atom is 0.257 e. The van der Waals surface area contributed by atoms with Gasteiger partial charge in [0, 0.05) is 24.8 Å². The molecule has 0 fully saturated rings. The van der Waals surface area contributed by atoms with Crippen molar-refractivity contribution in [3.05, 3.63) is 59.9 Å². The molecule has 5 heteroatoms. The van der Waals surface area contributed by atoms with Crippen LogP contribution in [0.3, 0.4) is 0 Å². The van der Waals surface area contributed by atoms with Gasteiger partial charge in [-0.25, -0.2) is 4.39 Å². The number of ether oxygens (including phenoxy) is 1. The smallest absolute Gasteiger partial charge is 0.257 e. The lowest BCUT2D eigenvalue weighted by Gasteiger charge is -2.09. The maximum atomic E-state index is 13.5. The van der Waals surface area contributed by atoms with Crippen molar-refractivity contribution in [2.24, 2.45) is 0 Å². The van der Waals surface area contributed by atoms with Crippen LogP contribution in [0.4, 0.5) is 10.1 Å². The van der Waals surface area contributed by atoms with Gasteiger partial charge in [0.05, 0.1) is 0 Å². The Morgan fingerprint density at radius 3 is 2.52 bits per heavy atom. The molecule has 2 aromatic rings. The lowest BCUT2D eigenvalue weighted by Crippen LogP contribution is -2.24. The molecule has 0 atom stereocenters. The first-order chi connectivity index (χ1) is 10.2. The summed E-state index contributed by atoms with van der Waals surface area (Å²) in [5.41, 5.74) is 1.46. The number of carbonyl (C=O) groups excluding carboxylic acids is 1. The second-order valence-electron chi connectivity index (χ2n) is 4.43. The van der Waals surface area contributed by atoms with Crippen molar-refractivity contribution in [3.8, 4) is 5.75 Å². The van der Waals surface area contributed by atoms with Gasteiger partial charge in [-0.3, -0.25) is 4.79 Å². The van der Waals surface area contributed by atoms with Gasteiger partial charge in [0.15, 0.2) is 6.61 Å². The van der Waals surface area contributed by atoms with Crippen molar-refractivity contribution in [3.63, 3.8) is 0 Å². The first-order valence-electron chi connectivity index (χ1n) is 6.60. The fourth-order valence-electron chi connectivity index (χ4n) is 1.73. The van der Waals surface area contributed by atoms with Gasteiger partial charge in [0.2, 0.25) is 0 Å². The van der Waals surface area contributed by atoms with Gasteiger partial charge in [-0.05, 0) is 30.3 Å². The van der Waals surface area contributed by atoms with Crippen LogP contribution < -0.4 is 15.4 Å². The molecule has 0 aromatic heterocycles. The maximum absolute atomic E-state index is 13.5. The van der Waals surface area contributed by atoms with Crippen LogP contribution in [-0.4, -0.2) is 19.6 Å². The summed E-state index contributed by atoms with van der Waals surface area (Å²) in [6.45, 7) is 0.392. The van der Waals surface area contributed by atoms with E-state index in [0.717, 1.165) is 5.69 Å². The highest BCUT2D eigenvalue weighted by Crippen LogP contribution is 2.17. The average Bonchev–Trinajstić information content (AvgIpc) is 2.53. The van der Waals surface area contributed by atoms with Crippen molar-refractivity contribution in [1.82, 2.24) is 5.32 Å². The summed E-state index contributed by atoms with van der Waals surface area (Å²) < 4.78 is 18.8. The zero-order valence-corrected chi connectivity index (χ0v) is 11.7. The van der Waals surface area contributed by atoms with Gasteiger partial charge in [-0.15, -0.1) is 0 Å². The monoisotopic (exact) mass is 288 g/mol. The lowest BCUT2D eigenvalue weighted by atomic mass is 10.2. The first-order valence-corrected chi connectivity index (χ1v) is 6.60. The number of carbonyl (C=O) groups is 1. The molecule has 0 spiro atoms. The molecule has 2 rings (SSSR count). The summed E-state index contributed by atoms with van der Waals surface area (Å²) in [7, 11) is 1.56. The van der Waals surface area contributed by atoms with E-state index in [9.17, 15) is 9.18 Å². The molecule has 4 nitrogen and oxygen atoms in total. The number of rotatable bonds is 6. The van der Waals surface area contributed by atoms with Crippen molar-refractivity contribution in [1.29, 1.82) is 0 Å². The molecule has 0 saturated carbocycles. The number of nitrogens with one attached hydrogen (secondary N) is 2. The number of benzene rings is 2. The van der Waals surface area contributed by atoms with E-state index in [1.807, 2.05) is 12.1 Å². The largest absolute Gasteiger partial charge is 0.484 e. The molecule has 0 unspecified atom stereocenters. The molecule has 1 amide bonds. The minimum atomic E-state index is -0.226. The van der Waals surface area contributed by atoms with Gasteiger partial charge in [-0.1, -0.05) is 18.2 Å². The van der Waals surface area contributed by atoms with Crippen LogP contribution in [0.1, 0.15) is 5.56 Å². The van der Waals surface area contributed by atoms with Crippen molar-refractivity contribution < 1.29 is 13.9 Å². The van der Waals surface area contributed by atoms with Gasteiger partial charge in [-0.2, -0.15) is 0 Å². The van der Waals surface area contributed by atoms with Crippen LogP contribution in [0.25, 0.3) is 0 Å².